The van der Waals surface area contributed by atoms with Crippen LogP contribution in [0.5, 0.6) is 0 Å². The highest BCUT2D eigenvalue weighted by molar-refractivity contribution is 7.91. The number of fused-ring (bicyclic) bond motifs is 1. The molecule has 0 unspecified atom stereocenters. The Morgan fingerprint density at radius 1 is 1.10 bits per heavy atom. The monoisotopic (exact) mass is 432 g/mol. The number of imidazole rings is 1. The van der Waals surface area contributed by atoms with Gasteiger partial charge in [-0.25, -0.2) is 28.4 Å². The van der Waals surface area contributed by atoms with Gasteiger partial charge in [0.2, 0.25) is 15.0 Å². The maximum Gasteiger partial charge on any atom is 0.246 e. The molecule has 10 heteroatoms. The van der Waals surface area contributed by atoms with E-state index in [2.05, 4.69) is 24.5 Å². The molecular formula is C20H28N6O3S. The average Bonchev–Trinajstić information content (AvgIpc) is 3.10. The molecule has 0 amide bonds. The first kappa shape index (κ1) is 22.1. The van der Waals surface area contributed by atoms with Gasteiger partial charge in [0.1, 0.15) is 17.9 Å². The average molecular weight is 433 g/mol. The molecule has 162 valence electrons. The summed E-state index contributed by atoms with van der Waals surface area (Å²) >= 11 is 0. The number of nitrogen functional groups attached to an aromatic ring is 1. The first-order chi connectivity index (χ1) is 14.3. The van der Waals surface area contributed by atoms with Crippen LogP contribution in [0.15, 0.2) is 23.6 Å². The second kappa shape index (κ2) is 9.48. The van der Waals surface area contributed by atoms with Crippen molar-refractivity contribution in [3.63, 3.8) is 0 Å². The number of rotatable bonds is 10. The van der Waals surface area contributed by atoms with Crippen molar-refractivity contribution in [3.05, 3.63) is 35.5 Å². The molecule has 0 atom stereocenters. The van der Waals surface area contributed by atoms with Gasteiger partial charge in [0.25, 0.3) is 0 Å². The number of anilines is 1. The largest absolute Gasteiger partial charge is 0.382 e. The van der Waals surface area contributed by atoms with E-state index in [1.807, 2.05) is 20.8 Å². The van der Waals surface area contributed by atoms with Crippen LogP contribution in [-0.2, 0) is 27.7 Å². The first-order valence-electron chi connectivity index (χ1n) is 10.0. The van der Waals surface area contributed by atoms with Crippen LogP contribution in [0.2, 0.25) is 0 Å². The lowest BCUT2D eigenvalue weighted by Crippen LogP contribution is -2.11. The summed E-state index contributed by atoms with van der Waals surface area (Å²) in [5.74, 6) is 1.25. The number of hydrogen-bond donors (Lipinski definition) is 1. The maximum absolute atomic E-state index is 12.3. The summed E-state index contributed by atoms with van der Waals surface area (Å²) in [5.41, 5.74) is 9.69. The Morgan fingerprint density at radius 3 is 2.53 bits per heavy atom. The summed E-state index contributed by atoms with van der Waals surface area (Å²) in [5, 5.41) is -0.112. The second-order valence-electron chi connectivity index (χ2n) is 7.13. The van der Waals surface area contributed by atoms with E-state index in [-0.39, 0.29) is 10.9 Å². The van der Waals surface area contributed by atoms with Crippen molar-refractivity contribution in [3.8, 4) is 0 Å². The zero-order valence-electron chi connectivity index (χ0n) is 17.6. The standard InChI is InChI=1S/C20H28N6O3S/c1-4-29-13-16-25-17-18(14(2)15(3)24-19(17)21)26(16)11-6-5-7-12-30(27,28)20-22-9-8-10-23-20/h8-10H,4-7,11-13H2,1-3H3,(H2,21,24). The molecule has 0 aliphatic rings. The van der Waals surface area contributed by atoms with E-state index in [9.17, 15) is 8.42 Å². The molecule has 3 heterocycles. The Bertz CT molecular complexity index is 1110. The van der Waals surface area contributed by atoms with Gasteiger partial charge in [-0.05, 0) is 45.2 Å². The summed E-state index contributed by atoms with van der Waals surface area (Å²) in [6.45, 7) is 7.57. The van der Waals surface area contributed by atoms with Crippen molar-refractivity contribution in [2.24, 2.45) is 0 Å². The third-order valence-electron chi connectivity index (χ3n) is 5.03. The lowest BCUT2D eigenvalue weighted by Gasteiger charge is -2.12. The van der Waals surface area contributed by atoms with E-state index >= 15 is 0 Å². The van der Waals surface area contributed by atoms with Crippen molar-refractivity contribution in [2.45, 2.75) is 58.3 Å². The molecule has 0 bridgehead atoms. The highest BCUT2D eigenvalue weighted by atomic mass is 32.2. The Hall–Kier alpha value is -2.59. The Kier molecular flexibility index (Phi) is 6.99. The van der Waals surface area contributed by atoms with Crippen LogP contribution >= 0.6 is 0 Å². The zero-order chi connectivity index (χ0) is 21.7. The number of ether oxygens (including phenoxy) is 1. The van der Waals surface area contributed by atoms with Crippen LogP contribution in [0.25, 0.3) is 11.0 Å². The van der Waals surface area contributed by atoms with E-state index in [1.165, 1.54) is 12.4 Å². The van der Waals surface area contributed by atoms with Crippen LogP contribution < -0.4 is 5.73 Å². The summed E-state index contributed by atoms with van der Waals surface area (Å²) < 4.78 is 32.3. The van der Waals surface area contributed by atoms with Crippen molar-refractivity contribution in [2.75, 3.05) is 18.1 Å². The van der Waals surface area contributed by atoms with Gasteiger partial charge in [0.15, 0.2) is 5.82 Å². The third-order valence-corrected chi connectivity index (χ3v) is 6.62. The minimum atomic E-state index is -3.45. The molecule has 0 fully saturated rings. The molecule has 3 rings (SSSR count). The van der Waals surface area contributed by atoms with Crippen LogP contribution in [0.4, 0.5) is 5.82 Å². The van der Waals surface area contributed by atoms with E-state index < -0.39 is 9.84 Å². The maximum atomic E-state index is 12.3. The quantitative estimate of drug-likeness (QED) is 0.383. The zero-order valence-corrected chi connectivity index (χ0v) is 18.4. The minimum Gasteiger partial charge on any atom is -0.382 e. The normalized spacial score (nSPS) is 12.0. The number of hydrogen-bond acceptors (Lipinski definition) is 8. The number of unbranched alkanes of at least 4 members (excludes halogenated alkanes) is 2. The van der Waals surface area contributed by atoms with Gasteiger partial charge in [-0.2, -0.15) is 0 Å². The molecular weight excluding hydrogens is 404 g/mol. The second-order valence-corrected chi connectivity index (χ2v) is 9.14. The topological polar surface area (TPSA) is 126 Å². The number of nitrogens with two attached hydrogens (primary N) is 1. The summed E-state index contributed by atoms with van der Waals surface area (Å²) in [7, 11) is -3.45. The van der Waals surface area contributed by atoms with Crippen LogP contribution in [0.3, 0.4) is 0 Å². The van der Waals surface area contributed by atoms with E-state index in [0.717, 1.165) is 35.4 Å². The van der Waals surface area contributed by atoms with E-state index in [4.69, 9.17) is 10.5 Å². The SMILES string of the molecule is CCOCc1nc2c(N)nc(C)c(C)c2n1CCCCCS(=O)(=O)c1ncccn1. The van der Waals surface area contributed by atoms with Crippen LogP contribution in [-0.4, -0.2) is 45.3 Å². The smallest absolute Gasteiger partial charge is 0.246 e. The Balaban J connectivity index is 1.71. The van der Waals surface area contributed by atoms with Crippen LogP contribution in [0.1, 0.15) is 43.3 Å². The van der Waals surface area contributed by atoms with Gasteiger partial charge < -0.3 is 15.0 Å². The molecule has 0 spiro atoms. The van der Waals surface area contributed by atoms with E-state index in [0.29, 0.717) is 37.5 Å². The van der Waals surface area contributed by atoms with Gasteiger partial charge in [0, 0.05) is 31.2 Å². The fraction of sp³-hybridized carbons (Fsp3) is 0.500. The van der Waals surface area contributed by atoms with Crippen molar-refractivity contribution in [1.82, 2.24) is 24.5 Å². The predicted octanol–water partition coefficient (Wildman–Crippen LogP) is 2.60. The predicted molar refractivity (Wildman–Crippen MR) is 115 cm³/mol. The highest BCUT2D eigenvalue weighted by Crippen LogP contribution is 2.27. The summed E-state index contributed by atoms with van der Waals surface area (Å²) in [6.07, 6.45) is 4.97. The number of nitrogens with zero attached hydrogens (tertiary/aromatic N) is 5. The third kappa shape index (κ3) is 4.76. The number of aryl methyl sites for hydroxylation is 3. The lowest BCUT2D eigenvalue weighted by molar-refractivity contribution is 0.126. The number of sulfone groups is 1. The van der Waals surface area contributed by atoms with Crippen molar-refractivity contribution in [1.29, 1.82) is 0 Å². The molecule has 0 aliphatic carbocycles. The molecule has 0 aromatic carbocycles. The molecule has 3 aromatic rings. The molecule has 3 aromatic heterocycles. The molecule has 0 aliphatic heterocycles. The summed E-state index contributed by atoms with van der Waals surface area (Å²) in [4.78, 5) is 16.7. The first-order valence-corrected chi connectivity index (χ1v) is 11.7. The summed E-state index contributed by atoms with van der Waals surface area (Å²) in [6, 6.07) is 1.60. The minimum absolute atomic E-state index is 0.0303. The molecule has 30 heavy (non-hydrogen) atoms. The van der Waals surface area contributed by atoms with Crippen molar-refractivity contribution < 1.29 is 13.2 Å². The van der Waals surface area contributed by atoms with Gasteiger partial charge >= 0.3 is 0 Å². The Labute approximate surface area is 176 Å². The van der Waals surface area contributed by atoms with Gasteiger partial charge in [-0.15, -0.1) is 0 Å². The van der Waals surface area contributed by atoms with Gasteiger partial charge in [-0.3, -0.25) is 0 Å². The molecule has 9 nitrogen and oxygen atoms in total. The van der Waals surface area contributed by atoms with Gasteiger partial charge in [-0.1, -0.05) is 6.42 Å². The van der Waals surface area contributed by atoms with Gasteiger partial charge in [0.05, 0.1) is 11.3 Å². The molecule has 0 saturated heterocycles. The number of pyridine rings is 1. The van der Waals surface area contributed by atoms with E-state index in [1.54, 1.807) is 6.07 Å². The highest BCUT2D eigenvalue weighted by Gasteiger charge is 2.19. The Morgan fingerprint density at radius 2 is 1.83 bits per heavy atom. The van der Waals surface area contributed by atoms with Crippen LogP contribution in [0, 0.1) is 13.8 Å². The van der Waals surface area contributed by atoms with Crippen molar-refractivity contribution >= 4 is 26.7 Å². The lowest BCUT2D eigenvalue weighted by atomic mass is 10.2. The molecule has 0 saturated carbocycles. The molecule has 2 N–H and O–H groups in total. The molecule has 0 radical (unpaired) electrons. The fourth-order valence-corrected chi connectivity index (χ4v) is 4.58. The number of aromatic nitrogens is 5. The fourth-order valence-electron chi connectivity index (χ4n) is 3.37.